The Balaban J connectivity index is 1.12. The maximum atomic E-state index is 13.4. The third-order valence-corrected chi connectivity index (χ3v) is 8.07. The molecule has 0 unspecified atom stereocenters. The van der Waals surface area contributed by atoms with E-state index in [-0.39, 0.29) is 11.8 Å². The minimum Gasteiger partial charge on any atom is -0.464 e. The molecule has 3 fully saturated rings. The lowest BCUT2D eigenvalue weighted by Crippen LogP contribution is -2.46. The first-order valence-electron chi connectivity index (χ1n) is 12.9. The summed E-state index contributed by atoms with van der Waals surface area (Å²) in [5, 5.41) is 1.08. The Morgan fingerprint density at radius 2 is 1.77 bits per heavy atom. The van der Waals surface area contributed by atoms with Gasteiger partial charge in [0.1, 0.15) is 17.0 Å². The first-order valence-corrected chi connectivity index (χ1v) is 12.9. The van der Waals surface area contributed by atoms with Crippen LogP contribution in [0.25, 0.3) is 22.1 Å². The molecular weight excluding hydrogens is 438 g/mol. The molecule has 7 rings (SSSR count). The van der Waals surface area contributed by atoms with E-state index in [2.05, 4.69) is 36.4 Å². The molecule has 178 valence electrons. The van der Waals surface area contributed by atoms with Gasteiger partial charge >= 0.3 is 0 Å². The van der Waals surface area contributed by atoms with Crippen molar-refractivity contribution < 1.29 is 14.0 Å². The zero-order chi connectivity index (χ0) is 23.6. The number of carbonyl (C=O) groups is 2. The molecule has 6 heteroatoms. The number of nitrogens with zero attached hydrogens (tertiary/aromatic N) is 3. The first-order chi connectivity index (χ1) is 17.1. The Hall–Kier alpha value is -3.41. The van der Waals surface area contributed by atoms with Crippen molar-refractivity contribution in [3.63, 3.8) is 0 Å². The van der Waals surface area contributed by atoms with Crippen molar-refractivity contribution >= 4 is 28.6 Å². The molecule has 4 aliphatic rings. The molecule has 2 aromatic carbocycles. The van der Waals surface area contributed by atoms with Crippen LogP contribution in [-0.2, 0) is 9.59 Å². The maximum absolute atomic E-state index is 13.4. The number of fused-ring (bicyclic) bond motifs is 1. The van der Waals surface area contributed by atoms with Gasteiger partial charge < -0.3 is 9.32 Å². The van der Waals surface area contributed by atoms with E-state index in [0.717, 1.165) is 85.1 Å². The summed E-state index contributed by atoms with van der Waals surface area (Å²) in [6.45, 7) is 2.26. The number of carbonyl (C=O) groups excluding carboxylic acids is 2. The lowest BCUT2D eigenvalue weighted by Gasteiger charge is -2.35. The summed E-state index contributed by atoms with van der Waals surface area (Å²) in [4.78, 5) is 34.9. The number of benzene rings is 2. The summed E-state index contributed by atoms with van der Waals surface area (Å²) in [5.41, 5.74) is 3.59. The zero-order valence-electron chi connectivity index (χ0n) is 19.8. The van der Waals surface area contributed by atoms with Gasteiger partial charge in [-0.25, -0.2) is 0 Å². The third kappa shape index (κ3) is 3.67. The highest BCUT2D eigenvalue weighted by Gasteiger charge is 2.57. The van der Waals surface area contributed by atoms with Gasteiger partial charge in [-0.05, 0) is 73.8 Å². The summed E-state index contributed by atoms with van der Waals surface area (Å²) >= 11 is 0. The number of likely N-dealkylation sites (tertiary alicyclic amines) is 1. The average Bonchev–Trinajstić information content (AvgIpc) is 3.81. The normalized spacial score (nSPS) is 23.3. The van der Waals surface area contributed by atoms with Crippen molar-refractivity contribution in [2.45, 2.75) is 44.1 Å². The second kappa shape index (κ2) is 7.80. The topological polar surface area (TPSA) is 66.1 Å². The van der Waals surface area contributed by atoms with Gasteiger partial charge in [0.15, 0.2) is 0 Å². The standard InChI is InChI=1S/C29H29N3O3/c33-27(22-7-8-22)31-14-1-2-19(17-31)18-32-26(30-29(12-13-29)28(32)34)21-5-3-20(4-6-21)23-9-10-25-24(16-23)11-15-35-25/h3-6,9-11,15-16,19,22H,1-2,7-8,12-14,17-18H2/t19-/m1/s1. The van der Waals surface area contributed by atoms with E-state index in [1.807, 2.05) is 21.9 Å². The maximum Gasteiger partial charge on any atom is 0.256 e. The molecule has 2 amide bonds. The van der Waals surface area contributed by atoms with Crippen molar-refractivity contribution in [1.82, 2.24) is 9.80 Å². The molecule has 0 radical (unpaired) electrons. The van der Waals surface area contributed by atoms with E-state index in [4.69, 9.17) is 9.41 Å². The van der Waals surface area contributed by atoms with Crippen molar-refractivity contribution in [2.75, 3.05) is 19.6 Å². The molecular formula is C29H29N3O3. The van der Waals surface area contributed by atoms with E-state index in [1.54, 1.807) is 6.26 Å². The van der Waals surface area contributed by atoms with Gasteiger partial charge in [0.2, 0.25) is 5.91 Å². The Morgan fingerprint density at radius 3 is 2.54 bits per heavy atom. The number of hydrogen-bond donors (Lipinski definition) is 0. The van der Waals surface area contributed by atoms with Crippen LogP contribution in [0.2, 0.25) is 0 Å². The van der Waals surface area contributed by atoms with Gasteiger partial charge in [0.05, 0.1) is 6.26 Å². The van der Waals surface area contributed by atoms with Gasteiger partial charge in [-0.15, -0.1) is 0 Å². The van der Waals surface area contributed by atoms with Crippen molar-refractivity contribution in [1.29, 1.82) is 0 Å². The molecule has 1 saturated heterocycles. The molecule has 2 aliphatic carbocycles. The molecule has 1 atom stereocenters. The molecule has 35 heavy (non-hydrogen) atoms. The quantitative estimate of drug-likeness (QED) is 0.538. The lowest BCUT2D eigenvalue weighted by molar-refractivity contribution is -0.134. The number of furan rings is 1. The molecule has 1 spiro atoms. The molecule has 0 N–H and O–H groups in total. The van der Waals surface area contributed by atoms with E-state index in [1.165, 1.54) is 0 Å². The molecule has 3 heterocycles. The number of amides is 2. The molecule has 1 aromatic heterocycles. The highest BCUT2D eigenvalue weighted by Crippen LogP contribution is 2.46. The van der Waals surface area contributed by atoms with Gasteiger partial charge in [0.25, 0.3) is 5.91 Å². The van der Waals surface area contributed by atoms with E-state index < -0.39 is 5.54 Å². The highest BCUT2D eigenvalue weighted by atomic mass is 16.3. The summed E-state index contributed by atoms with van der Waals surface area (Å²) in [7, 11) is 0. The fourth-order valence-electron chi connectivity index (χ4n) is 5.71. The average molecular weight is 468 g/mol. The Morgan fingerprint density at radius 1 is 1.00 bits per heavy atom. The lowest BCUT2D eigenvalue weighted by atomic mass is 9.96. The van der Waals surface area contributed by atoms with Gasteiger partial charge in [0, 0.05) is 36.5 Å². The fraction of sp³-hybridized carbons (Fsp3) is 0.414. The molecule has 3 aromatic rings. The molecule has 0 bridgehead atoms. The van der Waals surface area contributed by atoms with E-state index in [9.17, 15) is 9.59 Å². The largest absolute Gasteiger partial charge is 0.464 e. The number of amidine groups is 1. The van der Waals surface area contributed by atoms with Crippen LogP contribution in [0.1, 0.15) is 44.1 Å². The van der Waals surface area contributed by atoms with Gasteiger partial charge in [-0.2, -0.15) is 0 Å². The van der Waals surface area contributed by atoms with Crippen LogP contribution >= 0.6 is 0 Å². The van der Waals surface area contributed by atoms with Crippen LogP contribution in [0.3, 0.4) is 0 Å². The predicted molar refractivity (Wildman–Crippen MR) is 134 cm³/mol. The molecule has 2 saturated carbocycles. The Kier molecular flexibility index (Phi) is 4.66. The molecule has 6 nitrogen and oxygen atoms in total. The van der Waals surface area contributed by atoms with Crippen LogP contribution < -0.4 is 0 Å². The highest BCUT2D eigenvalue weighted by molar-refractivity contribution is 6.16. The fourth-order valence-corrected chi connectivity index (χ4v) is 5.71. The number of rotatable bonds is 5. The minimum absolute atomic E-state index is 0.146. The van der Waals surface area contributed by atoms with E-state index >= 15 is 0 Å². The van der Waals surface area contributed by atoms with Crippen molar-refractivity contribution in [2.24, 2.45) is 16.8 Å². The van der Waals surface area contributed by atoms with Crippen molar-refractivity contribution in [3.05, 3.63) is 60.4 Å². The zero-order valence-corrected chi connectivity index (χ0v) is 19.8. The van der Waals surface area contributed by atoms with Crippen LogP contribution in [0.5, 0.6) is 0 Å². The third-order valence-electron chi connectivity index (χ3n) is 8.07. The summed E-state index contributed by atoms with van der Waals surface area (Å²) in [6, 6.07) is 16.6. The summed E-state index contributed by atoms with van der Waals surface area (Å²) in [5.74, 6) is 1.82. The SMILES string of the molecule is O=C(C1CC1)N1CCC[C@@H](CN2C(=O)C3(CC3)N=C2c2ccc(-c3ccc4occc4c3)cc2)C1. The number of aliphatic imine (C=N–C) groups is 1. The summed E-state index contributed by atoms with van der Waals surface area (Å²) in [6.07, 6.45) is 7.53. The van der Waals surface area contributed by atoms with Crippen LogP contribution in [0, 0.1) is 11.8 Å². The summed E-state index contributed by atoms with van der Waals surface area (Å²) < 4.78 is 5.46. The van der Waals surface area contributed by atoms with Gasteiger partial charge in [-0.3, -0.25) is 19.5 Å². The van der Waals surface area contributed by atoms with Crippen molar-refractivity contribution in [3.8, 4) is 11.1 Å². The van der Waals surface area contributed by atoms with Crippen LogP contribution in [0.4, 0.5) is 0 Å². The van der Waals surface area contributed by atoms with Crippen LogP contribution in [-0.4, -0.2) is 52.6 Å². The minimum atomic E-state index is -0.529. The van der Waals surface area contributed by atoms with Crippen LogP contribution in [0.15, 0.2) is 64.2 Å². The second-order valence-electron chi connectivity index (χ2n) is 10.7. The monoisotopic (exact) mass is 467 g/mol. The van der Waals surface area contributed by atoms with E-state index in [0.29, 0.717) is 18.4 Å². The number of hydrogen-bond acceptors (Lipinski definition) is 4. The second-order valence-corrected chi connectivity index (χ2v) is 10.7. The van der Waals surface area contributed by atoms with Gasteiger partial charge in [-0.1, -0.05) is 30.3 Å². The smallest absolute Gasteiger partial charge is 0.256 e. The molecule has 2 aliphatic heterocycles. The predicted octanol–water partition coefficient (Wildman–Crippen LogP) is 4.87. The number of piperidine rings is 1. The Labute approximate surface area is 204 Å². The Bertz CT molecular complexity index is 1350. The first kappa shape index (κ1) is 20.9.